The summed E-state index contributed by atoms with van der Waals surface area (Å²) in [6.07, 6.45) is 0.999. The summed E-state index contributed by atoms with van der Waals surface area (Å²) in [4.78, 5) is 44.4. The van der Waals surface area contributed by atoms with Crippen molar-refractivity contribution in [3.63, 3.8) is 0 Å². The first-order chi connectivity index (χ1) is 16.4. The summed E-state index contributed by atoms with van der Waals surface area (Å²) in [6, 6.07) is 11.3. The van der Waals surface area contributed by atoms with Crippen LogP contribution in [0.5, 0.6) is 0 Å². The fourth-order valence-corrected chi connectivity index (χ4v) is 4.97. The molecule has 0 saturated heterocycles. The van der Waals surface area contributed by atoms with Gasteiger partial charge < -0.3 is 20.1 Å². The maximum Gasteiger partial charge on any atom is 0.343 e. The highest BCUT2D eigenvalue weighted by Gasteiger charge is 2.50. The van der Waals surface area contributed by atoms with Gasteiger partial charge in [0.05, 0.1) is 29.0 Å². The van der Waals surface area contributed by atoms with Crippen LogP contribution in [0.15, 0.2) is 41.2 Å². The van der Waals surface area contributed by atoms with Crippen molar-refractivity contribution >= 4 is 22.7 Å². The number of ketones is 1. The zero-order valence-electron chi connectivity index (χ0n) is 19.0. The summed E-state index contributed by atoms with van der Waals surface area (Å²) in [7, 11) is 0. The van der Waals surface area contributed by atoms with E-state index >= 15 is 0 Å². The van der Waals surface area contributed by atoms with Gasteiger partial charge in [-0.2, -0.15) is 0 Å². The molecule has 2 aliphatic rings. The van der Waals surface area contributed by atoms with E-state index < -0.39 is 23.2 Å². The molecule has 0 radical (unpaired) electrons. The first-order valence-electron chi connectivity index (χ1n) is 11.7. The van der Waals surface area contributed by atoms with Crippen LogP contribution in [-0.4, -0.2) is 33.0 Å². The van der Waals surface area contributed by atoms with Gasteiger partial charge >= 0.3 is 5.97 Å². The highest BCUT2D eigenvalue weighted by Crippen LogP contribution is 2.42. The zero-order chi connectivity index (χ0) is 24.0. The summed E-state index contributed by atoms with van der Waals surface area (Å²) in [5.41, 5.74) is 6.11. The van der Waals surface area contributed by atoms with Crippen LogP contribution in [0, 0.1) is 0 Å². The summed E-state index contributed by atoms with van der Waals surface area (Å²) >= 11 is 0. The maximum absolute atomic E-state index is 13.7. The Morgan fingerprint density at radius 2 is 2.03 bits per heavy atom. The third kappa shape index (κ3) is 3.36. The third-order valence-electron chi connectivity index (χ3n) is 6.91. The van der Waals surface area contributed by atoms with Crippen LogP contribution in [0.2, 0.25) is 0 Å². The van der Waals surface area contributed by atoms with Gasteiger partial charge in [-0.25, -0.2) is 9.78 Å². The van der Waals surface area contributed by atoms with Crippen LogP contribution >= 0.6 is 0 Å². The highest BCUT2D eigenvalue weighted by molar-refractivity contribution is 5.93. The molecule has 34 heavy (non-hydrogen) atoms. The number of hydrogen-bond donors (Lipinski definition) is 2. The number of carbonyl (C=O) groups excluding carboxylic acids is 2. The molecule has 8 nitrogen and oxygen atoms in total. The quantitative estimate of drug-likeness (QED) is 0.320. The Morgan fingerprint density at radius 1 is 1.24 bits per heavy atom. The zero-order valence-corrected chi connectivity index (χ0v) is 19.0. The number of rotatable bonds is 7. The number of unbranched alkanes of at least 4 members (excludes halogenated alkanes) is 2. The van der Waals surface area contributed by atoms with Crippen molar-refractivity contribution in [2.75, 3.05) is 6.54 Å². The molecular formula is C26H27N3O5. The van der Waals surface area contributed by atoms with E-state index in [0.717, 1.165) is 29.3 Å². The highest BCUT2D eigenvalue weighted by atomic mass is 16.6. The van der Waals surface area contributed by atoms with Crippen LogP contribution in [0.25, 0.3) is 22.3 Å². The van der Waals surface area contributed by atoms with E-state index in [2.05, 4.69) is 0 Å². The van der Waals surface area contributed by atoms with Crippen molar-refractivity contribution < 1.29 is 19.4 Å². The number of hydrogen-bond acceptors (Lipinski definition) is 7. The second-order valence-corrected chi connectivity index (χ2v) is 9.00. The number of nitrogens with zero attached hydrogens (tertiary/aromatic N) is 2. The van der Waals surface area contributed by atoms with Crippen LogP contribution < -0.4 is 11.3 Å². The number of cyclic esters (lactones) is 1. The Balaban J connectivity index is 1.65. The predicted molar refractivity (Wildman–Crippen MR) is 126 cm³/mol. The molecule has 3 aromatic rings. The molecule has 1 unspecified atom stereocenters. The standard InChI is InChI=1S/C26H27N3O5/c1-2-26(33)17-13-19-22-16(12-15-8-5-6-9-18(15)28-22)14-29(19)24(31)21(17)23(34-25(26)32)20(30)10-4-3-7-11-27/h5-6,8-9,12-13,23,33H,2-4,7,10-11,14,27H2,1H3/t23?,26-/m0/s1. The molecule has 2 aliphatic heterocycles. The van der Waals surface area contributed by atoms with Crippen LogP contribution in [0.3, 0.4) is 0 Å². The second kappa shape index (κ2) is 8.45. The SMILES string of the molecule is CC[C@@]1(O)C(=O)OC(C(=O)CCCCCN)c2c1cc1n(c2=O)Cc2cc3ccccc3nc2-1. The first-order valence-corrected chi connectivity index (χ1v) is 11.7. The van der Waals surface area contributed by atoms with Gasteiger partial charge in [0.15, 0.2) is 17.5 Å². The van der Waals surface area contributed by atoms with Crippen molar-refractivity contribution in [1.82, 2.24) is 9.55 Å². The number of fused-ring (bicyclic) bond motifs is 5. The molecule has 0 aliphatic carbocycles. The second-order valence-electron chi connectivity index (χ2n) is 9.00. The Morgan fingerprint density at radius 3 is 2.79 bits per heavy atom. The minimum absolute atomic E-state index is 0.0111. The molecule has 0 amide bonds. The molecule has 0 spiro atoms. The molecule has 0 bridgehead atoms. The molecule has 5 rings (SSSR count). The van der Waals surface area contributed by atoms with E-state index in [-0.39, 0.29) is 29.8 Å². The summed E-state index contributed by atoms with van der Waals surface area (Å²) in [6.45, 7) is 2.48. The number of esters is 1. The van der Waals surface area contributed by atoms with Crippen molar-refractivity contribution in [3.05, 3.63) is 63.4 Å². The van der Waals surface area contributed by atoms with E-state index in [0.29, 0.717) is 30.9 Å². The molecule has 8 heteroatoms. The Kier molecular flexibility index (Phi) is 5.58. The van der Waals surface area contributed by atoms with Crippen LogP contribution in [-0.2, 0) is 26.5 Å². The molecule has 2 atom stereocenters. The maximum atomic E-state index is 13.7. The van der Waals surface area contributed by atoms with Gasteiger partial charge in [-0.3, -0.25) is 9.59 Å². The van der Waals surface area contributed by atoms with Crippen LogP contribution in [0.1, 0.15) is 61.8 Å². The van der Waals surface area contributed by atoms with E-state index in [1.54, 1.807) is 17.6 Å². The summed E-state index contributed by atoms with van der Waals surface area (Å²) < 4.78 is 6.98. The first kappa shape index (κ1) is 22.4. The number of nitrogens with two attached hydrogens (primary N) is 1. The van der Waals surface area contributed by atoms with Gasteiger partial charge in [0.2, 0.25) is 0 Å². The number of aliphatic hydroxyl groups is 1. The summed E-state index contributed by atoms with van der Waals surface area (Å²) in [5.74, 6) is -1.25. The molecule has 176 valence electrons. The largest absolute Gasteiger partial charge is 0.447 e. The third-order valence-corrected chi connectivity index (χ3v) is 6.91. The van der Waals surface area contributed by atoms with E-state index in [9.17, 15) is 19.5 Å². The fourth-order valence-electron chi connectivity index (χ4n) is 4.97. The van der Waals surface area contributed by atoms with Crippen molar-refractivity contribution in [3.8, 4) is 11.4 Å². The minimum Gasteiger partial charge on any atom is -0.447 e. The minimum atomic E-state index is -2.00. The molecule has 4 heterocycles. The fraction of sp³-hybridized carbons (Fsp3) is 0.385. The predicted octanol–water partition coefficient (Wildman–Crippen LogP) is 2.71. The lowest BCUT2D eigenvalue weighted by molar-refractivity contribution is -0.180. The van der Waals surface area contributed by atoms with Gasteiger partial charge in [-0.1, -0.05) is 31.5 Å². The Bertz CT molecular complexity index is 1380. The van der Waals surface area contributed by atoms with Gasteiger partial charge in [0.25, 0.3) is 5.56 Å². The molecular weight excluding hydrogens is 434 g/mol. The van der Waals surface area contributed by atoms with E-state index in [1.165, 1.54) is 0 Å². The lowest BCUT2D eigenvalue weighted by Crippen LogP contribution is -2.47. The van der Waals surface area contributed by atoms with Gasteiger partial charge in [0, 0.05) is 22.9 Å². The molecule has 2 aromatic heterocycles. The summed E-state index contributed by atoms with van der Waals surface area (Å²) in [5, 5.41) is 12.2. The van der Waals surface area contributed by atoms with E-state index in [1.807, 2.05) is 30.3 Å². The molecule has 0 fully saturated rings. The number of benzene rings is 1. The molecule has 0 saturated carbocycles. The number of Topliss-reactive ketones (excluding diaryl/α,β-unsaturated/α-hetero) is 1. The number of pyridine rings is 2. The molecule has 3 N–H and O–H groups in total. The number of para-hydroxylation sites is 1. The molecule has 1 aromatic carbocycles. The Labute approximate surface area is 196 Å². The van der Waals surface area contributed by atoms with Crippen LogP contribution in [0.4, 0.5) is 0 Å². The van der Waals surface area contributed by atoms with Crippen molar-refractivity contribution in [2.24, 2.45) is 5.73 Å². The van der Waals surface area contributed by atoms with E-state index in [4.69, 9.17) is 15.5 Å². The lowest BCUT2D eigenvalue weighted by Gasteiger charge is -2.35. The topological polar surface area (TPSA) is 125 Å². The lowest BCUT2D eigenvalue weighted by atomic mass is 9.82. The van der Waals surface area contributed by atoms with Crippen molar-refractivity contribution in [1.29, 1.82) is 0 Å². The monoisotopic (exact) mass is 461 g/mol. The van der Waals surface area contributed by atoms with Gasteiger partial charge in [-0.15, -0.1) is 0 Å². The smallest absolute Gasteiger partial charge is 0.343 e. The van der Waals surface area contributed by atoms with Gasteiger partial charge in [0.1, 0.15) is 0 Å². The average molecular weight is 462 g/mol. The van der Waals surface area contributed by atoms with Gasteiger partial charge in [-0.05, 0) is 44.0 Å². The van der Waals surface area contributed by atoms with Crippen molar-refractivity contribution in [2.45, 2.75) is 57.3 Å². The average Bonchev–Trinajstić information content (AvgIpc) is 3.20. The number of ether oxygens (including phenoxy) is 1. The normalized spacial score (nSPS) is 20.6. The number of carbonyl (C=O) groups is 2. The number of aromatic nitrogens is 2. The Hall–Kier alpha value is -3.36.